The zero-order valence-electron chi connectivity index (χ0n) is 16.6. The van der Waals surface area contributed by atoms with E-state index in [4.69, 9.17) is 0 Å². The molecular weight excluding hydrogens is 478 g/mol. The van der Waals surface area contributed by atoms with Gasteiger partial charge in [0, 0.05) is 17.0 Å². The highest BCUT2D eigenvalue weighted by molar-refractivity contribution is 8.00. The minimum atomic E-state index is -4.58. The molecule has 2 rings (SSSR count). The third-order valence-corrected chi connectivity index (χ3v) is 5.51. The molecule has 32 heavy (non-hydrogen) atoms. The van der Waals surface area contributed by atoms with Gasteiger partial charge in [0.1, 0.15) is 23.0 Å². The Morgan fingerprint density at radius 1 is 1.03 bits per heavy atom. The van der Waals surface area contributed by atoms with Gasteiger partial charge in [-0.25, -0.2) is 18.0 Å². The van der Waals surface area contributed by atoms with E-state index >= 15 is 0 Å². The number of carbonyl (C=O) groups excluding carboxylic acids is 2. The van der Waals surface area contributed by atoms with Gasteiger partial charge in [-0.1, -0.05) is 12.1 Å². The van der Waals surface area contributed by atoms with Gasteiger partial charge in [0.2, 0.25) is 0 Å². The zero-order chi connectivity index (χ0) is 23.9. The predicted octanol–water partition coefficient (Wildman–Crippen LogP) is 5.82. The van der Waals surface area contributed by atoms with Crippen LogP contribution in [0.15, 0.2) is 41.3 Å². The van der Waals surface area contributed by atoms with Crippen molar-refractivity contribution in [3.63, 3.8) is 0 Å². The number of nitrogens with one attached hydrogen (secondary N) is 1. The van der Waals surface area contributed by atoms with Gasteiger partial charge in [0.05, 0.1) is 6.54 Å². The highest BCUT2D eigenvalue weighted by Gasteiger charge is 2.30. The van der Waals surface area contributed by atoms with E-state index in [1.54, 1.807) is 0 Å². The molecule has 3 amide bonds. The zero-order valence-corrected chi connectivity index (χ0v) is 18.3. The number of carbonyl (C=O) groups is 2. The number of hydrogen-bond acceptors (Lipinski definition) is 4. The summed E-state index contributed by atoms with van der Waals surface area (Å²) in [5, 5.41) is 1.87. The standard InChI is InChI=1S/C20H18F6N2O2S2/c1-31-9-3-8-28(11-12-6-7-13(10-16(12)23)32-20(24,25)26)19(30)27-18(29)17-14(21)4-2-5-15(17)22/h2,4-7,10H,3,8-9,11H2,1H3,(H,27,29,30). The summed E-state index contributed by atoms with van der Waals surface area (Å²) in [5.74, 6) is -3.96. The summed E-state index contributed by atoms with van der Waals surface area (Å²) in [6.45, 7) is -0.297. The average molecular weight is 496 g/mol. The minimum Gasteiger partial charge on any atom is -0.320 e. The van der Waals surface area contributed by atoms with Crippen molar-refractivity contribution in [1.82, 2.24) is 10.2 Å². The molecule has 2 aromatic rings. The predicted molar refractivity (Wildman–Crippen MR) is 111 cm³/mol. The van der Waals surface area contributed by atoms with Gasteiger partial charge in [-0.05, 0) is 54.5 Å². The Morgan fingerprint density at radius 3 is 2.25 bits per heavy atom. The Hall–Kier alpha value is -2.34. The highest BCUT2D eigenvalue weighted by Crippen LogP contribution is 2.37. The van der Waals surface area contributed by atoms with Crippen molar-refractivity contribution in [1.29, 1.82) is 0 Å². The number of thioether (sulfide) groups is 2. The summed E-state index contributed by atoms with van der Waals surface area (Å²) in [5.41, 5.74) is -5.61. The van der Waals surface area contributed by atoms with Crippen LogP contribution < -0.4 is 5.32 Å². The van der Waals surface area contributed by atoms with Crippen molar-refractivity contribution in [2.24, 2.45) is 0 Å². The third kappa shape index (κ3) is 7.66. The normalized spacial score (nSPS) is 11.3. The van der Waals surface area contributed by atoms with Crippen molar-refractivity contribution >= 4 is 35.5 Å². The van der Waals surface area contributed by atoms with Crippen LogP contribution in [0.1, 0.15) is 22.3 Å². The fourth-order valence-corrected chi connectivity index (χ4v) is 3.65. The van der Waals surface area contributed by atoms with Crippen LogP contribution in [-0.4, -0.2) is 40.9 Å². The molecule has 0 heterocycles. The van der Waals surface area contributed by atoms with Gasteiger partial charge in [-0.3, -0.25) is 10.1 Å². The quantitative estimate of drug-likeness (QED) is 0.284. The monoisotopic (exact) mass is 496 g/mol. The molecule has 0 radical (unpaired) electrons. The molecule has 0 fully saturated rings. The van der Waals surface area contributed by atoms with Crippen LogP contribution in [0.2, 0.25) is 0 Å². The maximum Gasteiger partial charge on any atom is 0.446 e. The van der Waals surface area contributed by atoms with Crippen LogP contribution in [0.25, 0.3) is 0 Å². The van der Waals surface area contributed by atoms with E-state index in [1.807, 2.05) is 11.6 Å². The number of alkyl halides is 3. The van der Waals surface area contributed by atoms with Crippen molar-refractivity contribution in [3.8, 4) is 0 Å². The molecular formula is C20H18F6N2O2S2. The lowest BCUT2D eigenvalue weighted by atomic mass is 10.2. The second-order valence-electron chi connectivity index (χ2n) is 6.42. The van der Waals surface area contributed by atoms with Crippen LogP contribution in [0.5, 0.6) is 0 Å². The van der Waals surface area contributed by atoms with E-state index in [2.05, 4.69) is 0 Å². The second kappa shape index (κ2) is 11.5. The van der Waals surface area contributed by atoms with E-state index in [-0.39, 0.29) is 23.5 Å². The van der Waals surface area contributed by atoms with Gasteiger partial charge < -0.3 is 4.90 Å². The summed E-state index contributed by atoms with van der Waals surface area (Å²) in [6.07, 6.45) is 2.28. The lowest BCUT2D eigenvalue weighted by Gasteiger charge is -2.23. The number of rotatable bonds is 8. The SMILES string of the molecule is CSCCCN(Cc1ccc(SC(F)(F)F)cc1F)C(=O)NC(=O)c1c(F)cccc1F. The van der Waals surface area contributed by atoms with Crippen molar-refractivity contribution in [2.45, 2.75) is 23.4 Å². The van der Waals surface area contributed by atoms with E-state index in [0.29, 0.717) is 18.2 Å². The first-order valence-electron chi connectivity index (χ1n) is 9.09. The smallest absolute Gasteiger partial charge is 0.320 e. The maximum atomic E-state index is 14.4. The van der Waals surface area contributed by atoms with Crippen LogP contribution in [-0.2, 0) is 6.54 Å². The van der Waals surface area contributed by atoms with Crippen LogP contribution in [0, 0.1) is 17.5 Å². The fourth-order valence-electron chi connectivity index (χ4n) is 2.66. The number of urea groups is 1. The Morgan fingerprint density at radius 2 is 1.69 bits per heavy atom. The molecule has 4 nitrogen and oxygen atoms in total. The summed E-state index contributed by atoms with van der Waals surface area (Å²) < 4.78 is 79.4. The number of halogens is 6. The van der Waals surface area contributed by atoms with Gasteiger partial charge in [0.15, 0.2) is 0 Å². The van der Waals surface area contributed by atoms with Crippen LogP contribution >= 0.6 is 23.5 Å². The first kappa shape index (κ1) is 25.9. The topological polar surface area (TPSA) is 49.4 Å². The fraction of sp³-hybridized carbons (Fsp3) is 0.300. The lowest BCUT2D eigenvalue weighted by Crippen LogP contribution is -2.43. The number of benzene rings is 2. The second-order valence-corrected chi connectivity index (χ2v) is 8.55. The first-order valence-corrected chi connectivity index (χ1v) is 11.3. The Bertz CT molecular complexity index is 951. The first-order chi connectivity index (χ1) is 15.0. The molecule has 0 saturated carbocycles. The third-order valence-electron chi connectivity index (χ3n) is 4.09. The van der Waals surface area contributed by atoms with Gasteiger partial charge in [0.25, 0.3) is 5.91 Å². The molecule has 0 unspecified atom stereocenters. The summed E-state index contributed by atoms with van der Waals surface area (Å²) in [4.78, 5) is 25.5. The Kier molecular flexibility index (Phi) is 9.32. The lowest BCUT2D eigenvalue weighted by molar-refractivity contribution is -0.0328. The Balaban J connectivity index is 2.18. The maximum absolute atomic E-state index is 14.4. The number of imide groups is 1. The largest absolute Gasteiger partial charge is 0.446 e. The molecule has 0 atom stereocenters. The molecule has 0 aliphatic rings. The van der Waals surface area contributed by atoms with Gasteiger partial charge in [-0.2, -0.15) is 24.9 Å². The molecule has 0 aliphatic heterocycles. The number of amides is 3. The number of nitrogens with zero attached hydrogens (tertiary/aromatic N) is 1. The van der Waals surface area contributed by atoms with E-state index in [1.165, 1.54) is 11.8 Å². The van der Waals surface area contributed by atoms with Crippen LogP contribution in [0.3, 0.4) is 0 Å². The molecule has 2 aromatic carbocycles. The van der Waals surface area contributed by atoms with Gasteiger partial charge in [-0.15, -0.1) is 0 Å². The molecule has 12 heteroatoms. The van der Waals surface area contributed by atoms with E-state index in [9.17, 15) is 35.9 Å². The Labute approximate surface area is 188 Å². The van der Waals surface area contributed by atoms with E-state index < -0.39 is 52.2 Å². The number of hydrogen-bond donors (Lipinski definition) is 1. The molecule has 174 valence electrons. The molecule has 0 aromatic heterocycles. The minimum absolute atomic E-state index is 0.0677. The van der Waals surface area contributed by atoms with Crippen LogP contribution in [0.4, 0.5) is 31.1 Å². The van der Waals surface area contributed by atoms with Crippen molar-refractivity contribution in [3.05, 3.63) is 65.0 Å². The summed E-state index contributed by atoms with van der Waals surface area (Å²) in [6, 6.07) is 4.62. The summed E-state index contributed by atoms with van der Waals surface area (Å²) >= 11 is 1.00. The molecule has 1 N–H and O–H groups in total. The molecule has 0 saturated heterocycles. The average Bonchev–Trinajstić information content (AvgIpc) is 2.67. The van der Waals surface area contributed by atoms with Crippen molar-refractivity contribution in [2.75, 3.05) is 18.6 Å². The molecule has 0 spiro atoms. The summed E-state index contributed by atoms with van der Waals surface area (Å²) in [7, 11) is 0. The van der Waals surface area contributed by atoms with E-state index in [0.717, 1.165) is 35.2 Å². The van der Waals surface area contributed by atoms with Crippen molar-refractivity contribution < 1.29 is 35.9 Å². The van der Waals surface area contributed by atoms with Gasteiger partial charge >= 0.3 is 11.5 Å². The molecule has 0 aliphatic carbocycles. The molecule has 0 bridgehead atoms. The highest BCUT2D eigenvalue weighted by atomic mass is 32.2.